The van der Waals surface area contributed by atoms with Crippen LogP contribution in [0.2, 0.25) is 0 Å². The van der Waals surface area contributed by atoms with Crippen molar-refractivity contribution in [2.45, 2.75) is 13.8 Å². The van der Waals surface area contributed by atoms with E-state index in [2.05, 4.69) is 88.6 Å². The summed E-state index contributed by atoms with van der Waals surface area (Å²) in [5.74, 6) is 0.567. The lowest BCUT2D eigenvalue weighted by molar-refractivity contribution is 0.393. The highest BCUT2D eigenvalue weighted by molar-refractivity contribution is 6.22. The normalized spacial score (nSPS) is 11.8. The van der Waals surface area contributed by atoms with Crippen molar-refractivity contribution >= 4 is 43.4 Å². The maximum atomic E-state index is 14.6. The lowest BCUT2D eigenvalue weighted by atomic mass is 9.85. The van der Waals surface area contributed by atoms with Crippen molar-refractivity contribution in [2.75, 3.05) is 0 Å². The Bertz CT molecular complexity index is 2220. The van der Waals surface area contributed by atoms with Gasteiger partial charge in [-0.3, -0.25) is 0 Å². The Hall–Kier alpha value is -5.22. The number of fused-ring (bicyclic) bond motifs is 5. The number of hydrogen-bond acceptors (Lipinski definition) is 2. The zero-order chi connectivity index (χ0) is 27.7. The summed E-state index contributed by atoms with van der Waals surface area (Å²) in [4.78, 5) is 0. The average molecular weight is 533 g/mol. The molecule has 0 amide bonds. The van der Waals surface area contributed by atoms with Gasteiger partial charge in [-0.1, -0.05) is 78.0 Å². The third kappa shape index (κ3) is 3.47. The van der Waals surface area contributed by atoms with Gasteiger partial charge in [0.15, 0.2) is 0 Å². The Morgan fingerprint density at radius 2 is 1.12 bits per heavy atom. The molecule has 0 aliphatic carbocycles. The van der Waals surface area contributed by atoms with Crippen LogP contribution < -0.4 is 0 Å². The van der Waals surface area contributed by atoms with Gasteiger partial charge in [-0.2, -0.15) is 0 Å². The van der Waals surface area contributed by atoms with Crippen molar-refractivity contribution in [2.24, 2.45) is 0 Å². The summed E-state index contributed by atoms with van der Waals surface area (Å²) in [6, 6.07) is 39.0. The van der Waals surface area contributed by atoms with Gasteiger partial charge in [0, 0.05) is 27.6 Å². The summed E-state index contributed by atoms with van der Waals surface area (Å²) in [6.45, 7) is 3.97. The molecule has 0 aliphatic heterocycles. The van der Waals surface area contributed by atoms with E-state index in [4.69, 9.17) is 4.52 Å². The molecular weight excluding hydrogens is 507 g/mol. The Balaban J connectivity index is 1.50. The maximum absolute atomic E-state index is 14.6. The number of rotatable bonds is 3. The van der Waals surface area contributed by atoms with E-state index in [-0.39, 0.29) is 5.82 Å². The molecule has 6 aromatic carbocycles. The predicted octanol–water partition coefficient (Wildman–Crippen LogP) is 10.2. The molecule has 0 bridgehead atoms. The molecule has 4 heteroatoms. The highest BCUT2D eigenvalue weighted by atomic mass is 19.1. The van der Waals surface area contributed by atoms with Gasteiger partial charge in [-0.15, -0.1) is 0 Å². The lowest BCUT2D eigenvalue weighted by Crippen LogP contribution is -1.94. The van der Waals surface area contributed by atoms with Gasteiger partial charge in [0.25, 0.3) is 0 Å². The van der Waals surface area contributed by atoms with E-state index in [0.717, 1.165) is 82.7 Å². The standard InChI is InChI=1S/C37H25FN2O/c1-22-35(23(2)41-39-22)37-29-14-8-6-12-27(29)36(28-13-7-9-15-30(28)37)24-16-18-33-31(20-24)32-21-25(38)17-19-34(32)40(33)26-10-4-3-5-11-26/h3-21H,1-2H3. The van der Waals surface area contributed by atoms with Crippen molar-refractivity contribution in [3.8, 4) is 27.9 Å². The first-order valence-electron chi connectivity index (χ1n) is 13.8. The van der Waals surface area contributed by atoms with Crippen molar-refractivity contribution < 1.29 is 8.91 Å². The molecule has 0 atom stereocenters. The Kier molecular flexibility index (Phi) is 5.13. The van der Waals surface area contributed by atoms with Gasteiger partial charge in [-0.05, 0) is 89.0 Å². The van der Waals surface area contributed by atoms with E-state index >= 15 is 0 Å². The van der Waals surface area contributed by atoms with Gasteiger partial charge < -0.3 is 9.09 Å². The summed E-state index contributed by atoms with van der Waals surface area (Å²) in [5.41, 5.74) is 8.38. The summed E-state index contributed by atoms with van der Waals surface area (Å²) < 4.78 is 22.5. The second-order valence-corrected chi connectivity index (χ2v) is 10.6. The molecule has 41 heavy (non-hydrogen) atoms. The molecule has 8 rings (SSSR count). The predicted molar refractivity (Wildman–Crippen MR) is 166 cm³/mol. The van der Waals surface area contributed by atoms with Crippen LogP contribution in [0.4, 0.5) is 4.39 Å². The smallest absolute Gasteiger partial charge is 0.141 e. The molecule has 0 saturated carbocycles. The number of halogens is 1. The highest BCUT2D eigenvalue weighted by Crippen LogP contribution is 2.46. The fraction of sp³-hybridized carbons (Fsp3) is 0.0541. The number of benzene rings is 6. The largest absolute Gasteiger partial charge is 0.361 e. The van der Waals surface area contributed by atoms with Crippen LogP contribution in [0.1, 0.15) is 11.5 Å². The van der Waals surface area contributed by atoms with Gasteiger partial charge in [0.05, 0.1) is 16.7 Å². The van der Waals surface area contributed by atoms with Gasteiger partial charge in [0.1, 0.15) is 11.6 Å². The summed E-state index contributed by atoms with van der Waals surface area (Å²) in [7, 11) is 0. The molecule has 0 aliphatic rings. The zero-order valence-corrected chi connectivity index (χ0v) is 22.7. The third-order valence-electron chi connectivity index (χ3n) is 8.25. The first kappa shape index (κ1) is 23.6. The van der Waals surface area contributed by atoms with Crippen molar-refractivity contribution in [1.29, 1.82) is 0 Å². The minimum atomic E-state index is -0.241. The van der Waals surface area contributed by atoms with E-state index < -0.39 is 0 Å². The topological polar surface area (TPSA) is 31.0 Å². The van der Waals surface area contributed by atoms with Crippen LogP contribution in [-0.4, -0.2) is 9.72 Å². The van der Waals surface area contributed by atoms with Crippen LogP contribution in [0.25, 0.3) is 71.3 Å². The van der Waals surface area contributed by atoms with Gasteiger partial charge in [-0.25, -0.2) is 4.39 Å². The first-order chi connectivity index (χ1) is 20.1. The van der Waals surface area contributed by atoms with E-state index in [1.807, 2.05) is 38.1 Å². The molecule has 3 nitrogen and oxygen atoms in total. The fourth-order valence-electron chi connectivity index (χ4n) is 6.55. The Morgan fingerprint density at radius 3 is 1.73 bits per heavy atom. The summed E-state index contributed by atoms with van der Waals surface area (Å²) in [5, 5.41) is 10.8. The van der Waals surface area contributed by atoms with E-state index in [9.17, 15) is 4.39 Å². The molecule has 2 aromatic heterocycles. The zero-order valence-electron chi connectivity index (χ0n) is 22.7. The van der Waals surface area contributed by atoms with Gasteiger partial charge in [0.2, 0.25) is 0 Å². The number of aromatic nitrogens is 2. The summed E-state index contributed by atoms with van der Waals surface area (Å²) >= 11 is 0. The number of aryl methyl sites for hydroxylation is 2. The van der Waals surface area contributed by atoms with Crippen LogP contribution in [-0.2, 0) is 0 Å². The molecular formula is C37H25FN2O. The van der Waals surface area contributed by atoms with Crippen LogP contribution >= 0.6 is 0 Å². The van der Waals surface area contributed by atoms with Crippen LogP contribution in [0, 0.1) is 19.7 Å². The average Bonchev–Trinajstić information content (AvgIpc) is 3.51. The third-order valence-corrected chi connectivity index (χ3v) is 8.25. The minimum Gasteiger partial charge on any atom is -0.361 e. The van der Waals surface area contributed by atoms with Gasteiger partial charge >= 0.3 is 0 Å². The molecule has 0 saturated heterocycles. The Labute approximate surface area is 236 Å². The molecule has 196 valence electrons. The van der Waals surface area contributed by atoms with Crippen LogP contribution in [0.5, 0.6) is 0 Å². The molecule has 8 aromatic rings. The van der Waals surface area contributed by atoms with Crippen LogP contribution in [0.3, 0.4) is 0 Å². The summed E-state index contributed by atoms with van der Waals surface area (Å²) in [6.07, 6.45) is 0. The first-order valence-corrected chi connectivity index (χ1v) is 13.8. The molecule has 0 fully saturated rings. The number of nitrogens with zero attached hydrogens (tertiary/aromatic N) is 2. The molecule has 2 heterocycles. The number of para-hydroxylation sites is 1. The molecule has 0 N–H and O–H groups in total. The van der Waals surface area contributed by atoms with E-state index in [1.165, 1.54) is 6.07 Å². The van der Waals surface area contributed by atoms with E-state index in [1.54, 1.807) is 6.07 Å². The molecule has 0 radical (unpaired) electrons. The van der Waals surface area contributed by atoms with Crippen LogP contribution in [0.15, 0.2) is 120 Å². The highest BCUT2D eigenvalue weighted by Gasteiger charge is 2.22. The van der Waals surface area contributed by atoms with Crippen molar-refractivity contribution in [1.82, 2.24) is 9.72 Å². The Morgan fingerprint density at radius 1 is 0.561 bits per heavy atom. The monoisotopic (exact) mass is 532 g/mol. The SMILES string of the molecule is Cc1noc(C)c1-c1c2ccccc2c(-c2ccc3c(c2)c2cc(F)ccc2n3-c2ccccc2)c2ccccc12. The van der Waals surface area contributed by atoms with E-state index in [0.29, 0.717) is 0 Å². The number of hydrogen-bond donors (Lipinski definition) is 0. The fourth-order valence-corrected chi connectivity index (χ4v) is 6.55. The second kappa shape index (κ2) is 8.90. The maximum Gasteiger partial charge on any atom is 0.141 e. The molecule has 0 spiro atoms. The molecule has 0 unspecified atom stereocenters. The second-order valence-electron chi connectivity index (χ2n) is 10.6. The van der Waals surface area contributed by atoms with Crippen molar-refractivity contribution in [3.05, 3.63) is 133 Å². The minimum absolute atomic E-state index is 0.241. The quantitative estimate of drug-likeness (QED) is 0.212. The lowest BCUT2D eigenvalue weighted by Gasteiger charge is -2.17. The van der Waals surface area contributed by atoms with Crippen molar-refractivity contribution in [3.63, 3.8) is 0 Å².